The Labute approximate surface area is 120 Å². The first-order chi connectivity index (χ1) is 9.31. The maximum Gasteiger partial charge on any atom is 0.306 e. The van der Waals surface area contributed by atoms with Gasteiger partial charge in [0, 0.05) is 18.8 Å². The summed E-state index contributed by atoms with van der Waals surface area (Å²) in [6, 6.07) is 2.66. The van der Waals surface area contributed by atoms with E-state index in [-0.39, 0.29) is 35.7 Å². The first-order valence-electron chi connectivity index (χ1n) is 6.24. The molecule has 5 nitrogen and oxygen atoms in total. The summed E-state index contributed by atoms with van der Waals surface area (Å²) in [5.41, 5.74) is 4.76. The van der Waals surface area contributed by atoms with Gasteiger partial charge in [-0.3, -0.25) is 4.79 Å². The molecule has 0 spiro atoms. The first-order valence-corrected chi connectivity index (χ1v) is 6.62. The van der Waals surface area contributed by atoms with Crippen LogP contribution in [0.15, 0.2) is 12.1 Å². The van der Waals surface area contributed by atoms with Crippen LogP contribution >= 0.6 is 11.6 Å². The number of nitrogen functional groups attached to an aromatic ring is 1. The number of aliphatic carboxylic acids is 1. The predicted molar refractivity (Wildman–Crippen MR) is 74.5 cm³/mol. The van der Waals surface area contributed by atoms with E-state index >= 15 is 0 Å². The van der Waals surface area contributed by atoms with Crippen molar-refractivity contribution in [2.24, 2.45) is 0 Å². The van der Waals surface area contributed by atoms with Crippen LogP contribution in [0.4, 0.5) is 15.8 Å². The van der Waals surface area contributed by atoms with Gasteiger partial charge in [0.05, 0.1) is 22.7 Å². The smallest absolute Gasteiger partial charge is 0.306 e. The van der Waals surface area contributed by atoms with E-state index in [1.54, 1.807) is 4.90 Å². The van der Waals surface area contributed by atoms with Crippen molar-refractivity contribution in [1.29, 1.82) is 0 Å². The number of anilines is 2. The zero-order valence-electron chi connectivity index (χ0n) is 10.8. The second-order valence-electron chi connectivity index (χ2n) is 5.12. The molecule has 0 radical (unpaired) electrons. The van der Waals surface area contributed by atoms with E-state index in [0.717, 1.165) is 0 Å². The van der Waals surface area contributed by atoms with Crippen LogP contribution < -0.4 is 10.6 Å². The zero-order chi connectivity index (χ0) is 14.9. The average molecular weight is 303 g/mol. The van der Waals surface area contributed by atoms with Crippen LogP contribution in [0.25, 0.3) is 0 Å². The number of carbonyl (C=O) groups is 1. The molecule has 20 heavy (non-hydrogen) atoms. The zero-order valence-corrected chi connectivity index (χ0v) is 11.5. The van der Waals surface area contributed by atoms with E-state index in [1.807, 2.05) is 0 Å². The van der Waals surface area contributed by atoms with Crippen LogP contribution in [0.5, 0.6) is 0 Å². The molecule has 1 aromatic rings. The molecule has 0 aromatic heterocycles. The van der Waals surface area contributed by atoms with Gasteiger partial charge in [-0.15, -0.1) is 0 Å². The summed E-state index contributed by atoms with van der Waals surface area (Å²) >= 11 is 6.01. The van der Waals surface area contributed by atoms with Gasteiger partial charge in [-0.2, -0.15) is 0 Å². The highest BCUT2D eigenvalue weighted by Crippen LogP contribution is 2.35. The normalized spacial score (nSPS) is 18.1. The quantitative estimate of drug-likeness (QED) is 0.742. The Morgan fingerprint density at radius 2 is 2.05 bits per heavy atom. The van der Waals surface area contributed by atoms with Crippen molar-refractivity contribution in [3.63, 3.8) is 0 Å². The van der Waals surface area contributed by atoms with Gasteiger partial charge >= 0.3 is 5.97 Å². The van der Waals surface area contributed by atoms with Gasteiger partial charge in [0.2, 0.25) is 0 Å². The molecule has 1 aliphatic heterocycles. The van der Waals surface area contributed by atoms with Gasteiger partial charge in [0.1, 0.15) is 5.82 Å². The summed E-state index contributed by atoms with van der Waals surface area (Å²) in [6.45, 7) is 0.675. The number of rotatable bonds is 3. The maximum atomic E-state index is 13.9. The molecule has 110 valence electrons. The summed E-state index contributed by atoms with van der Waals surface area (Å²) in [4.78, 5) is 12.4. The molecule has 0 saturated carbocycles. The molecule has 0 atom stereocenters. The summed E-state index contributed by atoms with van der Waals surface area (Å²) in [7, 11) is 0. The van der Waals surface area contributed by atoms with E-state index in [2.05, 4.69) is 0 Å². The van der Waals surface area contributed by atoms with Crippen LogP contribution in [-0.2, 0) is 4.79 Å². The van der Waals surface area contributed by atoms with Crippen LogP contribution in [0, 0.1) is 5.82 Å². The number of hydrogen-bond donors (Lipinski definition) is 3. The topological polar surface area (TPSA) is 86.8 Å². The second kappa shape index (κ2) is 5.46. The molecule has 1 heterocycles. The summed E-state index contributed by atoms with van der Waals surface area (Å²) in [5, 5.41) is 19.1. The van der Waals surface area contributed by atoms with Gasteiger partial charge in [0.15, 0.2) is 0 Å². The molecule has 0 unspecified atom stereocenters. The molecular weight excluding hydrogens is 287 g/mol. The van der Waals surface area contributed by atoms with E-state index in [9.17, 15) is 14.3 Å². The largest absolute Gasteiger partial charge is 0.481 e. The van der Waals surface area contributed by atoms with Gasteiger partial charge < -0.3 is 20.8 Å². The Kier molecular flexibility index (Phi) is 4.06. The Hall–Kier alpha value is -1.53. The fourth-order valence-corrected chi connectivity index (χ4v) is 2.83. The fourth-order valence-electron chi connectivity index (χ4n) is 2.49. The molecule has 0 aliphatic carbocycles. The Balaban J connectivity index is 2.13. The predicted octanol–water partition coefficient (Wildman–Crippen LogP) is 1.87. The van der Waals surface area contributed by atoms with Crippen LogP contribution in [0.2, 0.25) is 5.02 Å². The van der Waals surface area contributed by atoms with Crippen molar-refractivity contribution in [1.82, 2.24) is 0 Å². The van der Waals surface area contributed by atoms with Crippen molar-refractivity contribution >= 4 is 28.9 Å². The number of nitrogens with zero attached hydrogens (tertiary/aromatic N) is 1. The van der Waals surface area contributed by atoms with Crippen molar-refractivity contribution in [3.05, 3.63) is 23.0 Å². The molecule has 2 rings (SSSR count). The SMILES string of the molecule is Nc1cc(F)c(N2CCC(O)(CC(=O)O)CC2)c(Cl)c1. The van der Waals surface area contributed by atoms with E-state index in [4.69, 9.17) is 22.4 Å². The number of piperidine rings is 1. The van der Waals surface area contributed by atoms with Gasteiger partial charge in [-0.25, -0.2) is 4.39 Å². The summed E-state index contributed by atoms with van der Waals surface area (Å²) in [5.74, 6) is -1.56. The third-order valence-corrected chi connectivity index (χ3v) is 3.82. The van der Waals surface area contributed by atoms with E-state index in [1.165, 1.54) is 12.1 Å². The van der Waals surface area contributed by atoms with Crippen LogP contribution in [0.3, 0.4) is 0 Å². The first kappa shape index (κ1) is 14.9. The summed E-state index contributed by atoms with van der Waals surface area (Å²) in [6.07, 6.45) is 0.192. The number of nitrogens with two attached hydrogens (primary N) is 1. The maximum absolute atomic E-state index is 13.9. The number of halogens is 2. The lowest BCUT2D eigenvalue weighted by atomic mass is 9.88. The second-order valence-corrected chi connectivity index (χ2v) is 5.52. The molecule has 4 N–H and O–H groups in total. The average Bonchev–Trinajstić information content (AvgIpc) is 2.29. The van der Waals surface area contributed by atoms with Crippen molar-refractivity contribution in [3.8, 4) is 0 Å². The lowest BCUT2D eigenvalue weighted by Gasteiger charge is -2.38. The third kappa shape index (κ3) is 3.13. The van der Waals surface area contributed by atoms with Gasteiger partial charge in [-0.05, 0) is 25.0 Å². The van der Waals surface area contributed by atoms with E-state index < -0.39 is 17.4 Å². The number of hydrogen-bond acceptors (Lipinski definition) is 4. The number of aliphatic hydroxyl groups is 1. The molecule has 1 fully saturated rings. The third-order valence-electron chi connectivity index (χ3n) is 3.53. The monoisotopic (exact) mass is 302 g/mol. The van der Waals surface area contributed by atoms with Gasteiger partial charge in [-0.1, -0.05) is 11.6 Å². The highest BCUT2D eigenvalue weighted by molar-refractivity contribution is 6.33. The molecule has 1 aliphatic rings. The number of benzene rings is 1. The Morgan fingerprint density at radius 3 is 2.55 bits per heavy atom. The lowest BCUT2D eigenvalue weighted by molar-refractivity contribution is -0.143. The molecule has 0 bridgehead atoms. The Morgan fingerprint density at radius 1 is 1.45 bits per heavy atom. The minimum absolute atomic E-state index is 0.214. The van der Waals surface area contributed by atoms with Crippen LogP contribution in [-0.4, -0.2) is 34.9 Å². The highest BCUT2D eigenvalue weighted by atomic mass is 35.5. The Bertz CT molecular complexity index is 507. The van der Waals surface area contributed by atoms with Crippen molar-refractivity contribution < 1.29 is 19.4 Å². The fraction of sp³-hybridized carbons (Fsp3) is 0.462. The molecule has 1 saturated heterocycles. The molecular formula is C13H16ClFN2O3. The highest BCUT2D eigenvalue weighted by Gasteiger charge is 2.35. The number of carboxylic acids is 1. The van der Waals surface area contributed by atoms with Gasteiger partial charge in [0.25, 0.3) is 0 Å². The van der Waals surface area contributed by atoms with Crippen LogP contribution in [0.1, 0.15) is 19.3 Å². The lowest BCUT2D eigenvalue weighted by Crippen LogP contribution is -2.46. The van der Waals surface area contributed by atoms with Crippen molar-refractivity contribution in [2.45, 2.75) is 24.9 Å². The molecule has 0 amide bonds. The molecule has 7 heteroatoms. The minimum Gasteiger partial charge on any atom is -0.481 e. The molecule has 1 aromatic carbocycles. The standard InChI is InChI=1S/C13H16ClFN2O3/c14-9-5-8(16)6-10(15)12(9)17-3-1-13(20,2-4-17)7-11(18)19/h5-6,20H,1-4,7,16H2,(H,18,19). The minimum atomic E-state index is -1.24. The number of carboxylic acid groups (broad SMARTS) is 1. The van der Waals surface area contributed by atoms with E-state index in [0.29, 0.717) is 13.1 Å². The summed E-state index contributed by atoms with van der Waals surface area (Å²) < 4.78 is 13.9. The van der Waals surface area contributed by atoms with Crippen molar-refractivity contribution in [2.75, 3.05) is 23.7 Å².